The first-order valence-electron chi connectivity index (χ1n) is 6.95. The lowest BCUT2D eigenvalue weighted by Gasteiger charge is -2.27. The average Bonchev–Trinajstić information content (AvgIpc) is 3.10. The van der Waals surface area contributed by atoms with E-state index >= 15 is 0 Å². The molecular formula is C15H20N2O. The van der Waals surface area contributed by atoms with Crippen molar-refractivity contribution in [3.05, 3.63) is 35.9 Å². The van der Waals surface area contributed by atoms with Gasteiger partial charge in [-0.15, -0.1) is 0 Å². The molecule has 2 fully saturated rings. The molecule has 2 heterocycles. The highest BCUT2D eigenvalue weighted by molar-refractivity contribution is 5.83. The lowest BCUT2D eigenvalue weighted by atomic mass is 10.0. The van der Waals surface area contributed by atoms with Gasteiger partial charge >= 0.3 is 0 Å². The summed E-state index contributed by atoms with van der Waals surface area (Å²) >= 11 is 0. The Hall–Kier alpha value is -1.35. The fourth-order valence-electron chi connectivity index (χ4n) is 3.15. The molecule has 1 aromatic carbocycles. The molecule has 0 aliphatic carbocycles. The maximum atomic E-state index is 12.5. The molecule has 2 saturated heterocycles. The predicted molar refractivity (Wildman–Crippen MR) is 71.2 cm³/mol. The number of benzene rings is 1. The van der Waals surface area contributed by atoms with E-state index in [4.69, 9.17) is 0 Å². The topological polar surface area (TPSA) is 32.3 Å². The van der Waals surface area contributed by atoms with Crippen molar-refractivity contribution in [1.29, 1.82) is 0 Å². The molecule has 1 aromatic rings. The third-order valence-electron chi connectivity index (χ3n) is 4.08. The number of rotatable bonds is 2. The molecule has 1 unspecified atom stereocenters. The molecule has 2 aliphatic heterocycles. The van der Waals surface area contributed by atoms with Crippen LogP contribution in [0.5, 0.6) is 0 Å². The van der Waals surface area contributed by atoms with Gasteiger partial charge in [0.2, 0.25) is 5.91 Å². The van der Waals surface area contributed by atoms with Crippen LogP contribution in [0.25, 0.3) is 0 Å². The monoisotopic (exact) mass is 244 g/mol. The Balaban J connectivity index is 1.77. The van der Waals surface area contributed by atoms with E-state index in [2.05, 4.69) is 34.5 Å². The first-order valence-corrected chi connectivity index (χ1v) is 6.95. The lowest BCUT2D eigenvalue weighted by Crippen LogP contribution is -2.43. The van der Waals surface area contributed by atoms with Gasteiger partial charge in [-0.05, 0) is 37.8 Å². The number of nitrogens with zero attached hydrogens (tertiary/aromatic N) is 1. The molecule has 1 N–H and O–H groups in total. The highest BCUT2D eigenvalue weighted by Gasteiger charge is 2.34. The zero-order chi connectivity index (χ0) is 12.4. The van der Waals surface area contributed by atoms with Gasteiger partial charge in [-0.1, -0.05) is 30.3 Å². The van der Waals surface area contributed by atoms with Gasteiger partial charge in [0, 0.05) is 6.54 Å². The summed E-state index contributed by atoms with van der Waals surface area (Å²) in [5.74, 6) is 0.304. The third kappa shape index (κ3) is 2.15. The number of likely N-dealkylation sites (tertiary alicyclic amines) is 1. The standard InChI is InChI=1S/C15H20N2O/c18-15(13-8-4-10-16-13)17-11-5-9-14(17)12-6-2-1-3-7-12/h1-3,6-7,13-14,16H,4-5,8-11H2/t13-,14?/m0/s1. The maximum Gasteiger partial charge on any atom is 0.240 e. The number of hydrogen-bond donors (Lipinski definition) is 1. The maximum absolute atomic E-state index is 12.5. The van der Waals surface area contributed by atoms with Crippen LogP contribution >= 0.6 is 0 Å². The quantitative estimate of drug-likeness (QED) is 0.864. The van der Waals surface area contributed by atoms with Crippen LogP contribution in [-0.2, 0) is 4.79 Å². The summed E-state index contributed by atoms with van der Waals surface area (Å²) in [6.45, 7) is 1.90. The molecule has 0 saturated carbocycles. The number of hydrogen-bond acceptors (Lipinski definition) is 2. The van der Waals surface area contributed by atoms with Gasteiger partial charge in [0.1, 0.15) is 0 Å². The van der Waals surface area contributed by atoms with Crippen LogP contribution in [0.2, 0.25) is 0 Å². The zero-order valence-electron chi connectivity index (χ0n) is 10.6. The zero-order valence-corrected chi connectivity index (χ0v) is 10.6. The fourth-order valence-corrected chi connectivity index (χ4v) is 3.15. The summed E-state index contributed by atoms with van der Waals surface area (Å²) < 4.78 is 0. The smallest absolute Gasteiger partial charge is 0.240 e. The normalized spacial score (nSPS) is 27.7. The van der Waals surface area contributed by atoms with E-state index < -0.39 is 0 Å². The first-order chi connectivity index (χ1) is 8.86. The highest BCUT2D eigenvalue weighted by Crippen LogP contribution is 2.32. The van der Waals surface area contributed by atoms with E-state index in [9.17, 15) is 4.79 Å². The van der Waals surface area contributed by atoms with Gasteiger partial charge in [-0.3, -0.25) is 4.79 Å². The van der Waals surface area contributed by atoms with Crippen LogP contribution in [0.4, 0.5) is 0 Å². The van der Waals surface area contributed by atoms with Gasteiger partial charge in [0.05, 0.1) is 12.1 Å². The molecule has 3 heteroatoms. The van der Waals surface area contributed by atoms with Crippen molar-refractivity contribution in [1.82, 2.24) is 10.2 Å². The van der Waals surface area contributed by atoms with Gasteiger partial charge < -0.3 is 10.2 Å². The highest BCUT2D eigenvalue weighted by atomic mass is 16.2. The van der Waals surface area contributed by atoms with Crippen molar-refractivity contribution in [2.45, 2.75) is 37.8 Å². The van der Waals surface area contributed by atoms with Gasteiger partial charge in [0.15, 0.2) is 0 Å². The second kappa shape index (κ2) is 5.11. The second-order valence-corrected chi connectivity index (χ2v) is 5.25. The second-order valence-electron chi connectivity index (χ2n) is 5.25. The molecule has 3 nitrogen and oxygen atoms in total. The summed E-state index contributed by atoms with van der Waals surface area (Å²) in [6, 6.07) is 10.8. The van der Waals surface area contributed by atoms with Crippen LogP contribution in [-0.4, -0.2) is 29.9 Å². The van der Waals surface area contributed by atoms with E-state index in [-0.39, 0.29) is 6.04 Å². The van der Waals surface area contributed by atoms with Gasteiger partial charge in [-0.2, -0.15) is 0 Å². The Morgan fingerprint density at radius 2 is 2.00 bits per heavy atom. The van der Waals surface area contributed by atoms with E-state index in [1.165, 1.54) is 5.56 Å². The Morgan fingerprint density at radius 3 is 2.72 bits per heavy atom. The Morgan fingerprint density at radius 1 is 1.17 bits per heavy atom. The van der Waals surface area contributed by atoms with Crippen LogP contribution in [0.1, 0.15) is 37.3 Å². The number of carbonyl (C=O) groups is 1. The molecule has 18 heavy (non-hydrogen) atoms. The van der Waals surface area contributed by atoms with E-state index in [0.29, 0.717) is 11.9 Å². The average molecular weight is 244 g/mol. The minimum atomic E-state index is 0.0642. The van der Waals surface area contributed by atoms with E-state index in [0.717, 1.165) is 38.8 Å². The summed E-state index contributed by atoms with van der Waals surface area (Å²) in [5, 5.41) is 3.31. The van der Waals surface area contributed by atoms with Crippen LogP contribution in [0, 0.1) is 0 Å². The molecule has 2 aliphatic rings. The molecule has 96 valence electrons. The molecular weight excluding hydrogens is 224 g/mol. The minimum absolute atomic E-state index is 0.0642. The summed E-state index contributed by atoms with van der Waals surface area (Å²) in [5.41, 5.74) is 1.28. The van der Waals surface area contributed by atoms with E-state index in [1.807, 2.05) is 6.07 Å². The summed E-state index contributed by atoms with van der Waals surface area (Å²) in [6.07, 6.45) is 4.34. The summed E-state index contributed by atoms with van der Waals surface area (Å²) in [7, 11) is 0. The van der Waals surface area contributed by atoms with Crippen molar-refractivity contribution < 1.29 is 4.79 Å². The largest absolute Gasteiger partial charge is 0.334 e. The van der Waals surface area contributed by atoms with Crippen molar-refractivity contribution in [3.8, 4) is 0 Å². The fraction of sp³-hybridized carbons (Fsp3) is 0.533. The first kappa shape index (κ1) is 11.7. The number of carbonyl (C=O) groups excluding carboxylic acids is 1. The van der Waals surface area contributed by atoms with Crippen LogP contribution in [0.3, 0.4) is 0 Å². The lowest BCUT2D eigenvalue weighted by molar-refractivity contribution is -0.134. The van der Waals surface area contributed by atoms with Crippen molar-refractivity contribution >= 4 is 5.91 Å². The van der Waals surface area contributed by atoms with Gasteiger partial charge in [-0.25, -0.2) is 0 Å². The van der Waals surface area contributed by atoms with Gasteiger partial charge in [0.25, 0.3) is 0 Å². The Labute approximate surface area is 108 Å². The van der Waals surface area contributed by atoms with Crippen molar-refractivity contribution in [3.63, 3.8) is 0 Å². The molecule has 3 rings (SSSR count). The number of amides is 1. The van der Waals surface area contributed by atoms with E-state index in [1.54, 1.807) is 0 Å². The van der Waals surface area contributed by atoms with Crippen molar-refractivity contribution in [2.75, 3.05) is 13.1 Å². The SMILES string of the molecule is O=C([C@@H]1CCCN1)N1CCCC1c1ccccc1. The third-order valence-corrected chi connectivity index (χ3v) is 4.08. The molecule has 0 bridgehead atoms. The molecule has 2 atom stereocenters. The van der Waals surface area contributed by atoms with Crippen LogP contribution in [0.15, 0.2) is 30.3 Å². The molecule has 0 radical (unpaired) electrons. The minimum Gasteiger partial charge on any atom is -0.334 e. The van der Waals surface area contributed by atoms with Crippen LogP contribution < -0.4 is 5.32 Å². The predicted octanol–water partition coefficient (Wildman–Crippen LogP) is 2.10. The molecule has 0 aromatic heterocycles. The molecule has 0 spiro atoms. The molecule has 1 amide bonds. The Kier molecular flexibility index (Phi) is 3.33. The summed E-state index contributed by atoms with van der Waals surface area (Å²) in [4.78, 5) is 14.6. The number of nitrogens with one attached hydrogen (secondary N) is 1. The Bertz CT molecular complexity index is 412. The van der Waals surface area contributed by atoms with Crippen molar-refractivity contribution in [2.24, 2.45) is 0 Å².